The fourth-order valence-corrected chi connectivity index (χ4v) is 2.93. The van der Waals surface area contributed by atoms with Crippen LogP contribution in [-0.4, -0.2) is 10.5 Å². The molecule has 1 aliphatic rings. The van der Waals surface area contributed by atoms with E-state index >= 15 is 0 Å². The molecule has 1 unspecified atom stereocenters. The van der Waals surface area contributed by atoms with Crippen molar-refractivity contribution in [3.63, 3.8) is 0 Å². The molecule has 0 spiro atoms. The summed E-state index contributed by atoms with van der Waals surface area (Å²) < 4.78 is 95.2. The summed E-state index contributed by atoms with van der Waals surface area (Å²) in [5.41, 5.74) is -3.33. The molecule has 1 aromatic heterocycles. The lowest BCUT2D eigenvalue weighted by Gasteiger charge is -2.28. The first kappa shape index (κ1) is 17.3. The van der Waals surface area contributed by atoms with Gasteiger partial charge in [-0.15, -0.1) is 0 Å². The van der Waals surface area contributed by atoms with Gasteiger partial charge in [0.1, 0.15) is 11.9 Å². The smallest absolute Gasteiger partial charge is 0.320 e. The third kappa shape index (κ3) is 2.75. The Morgan fingerprint density at radius 3 is 2.52 bits per heavy atom. The van der Waals surface area contributed by atoms with Crippen LogP contribution in [0.3, 0.4) is 0 Å². The van der Waals surface area contributed by atoms with Crippen molar-refractivity contribution in [2.75, 3.05) is 0 Å². The van der Waals surface area contributed by atoms with Gasteiger partial charge in [0.25, 0.3) is 5.92 Å². The summed E-state index contributed by atoms with van der Waals surface area (Å²) in [4.78, 5) is 0. The van der Waals surface area contributed by atoms with Gasteiger partial charge in [-0.2, -0.15) is 18.4 Å². The summed E-state index contributed by atoms with van der Waals surface area (Å²) in [7, 11) is 0. The molecule has 0 radical (unpaired) electrons. The Morgan fingerprint density at radius 1 is 1.24 bits per heavy atom. The highest BCUT2D eigenvalue weighted by Gasteiger charge is 2.51. The van der Waals surface area contributed by atoms with E-state index in [1.54, 1.807) is 0 Å². The summed E-state index contributed by atoms with van der Waals surface area (Å²) >= 11 is 0. The maximum atomic E-state index is 14.1. The number of hydrogen-bond acceptors (Lipinski definition) is 1. The minimum atomic E-state index is -5.04. The van der Waals surface area contributed by atoms with Gasteiger partial charge in [-0.3, -0.25) is 0 Å². The third-order valence-corrected chi connectivity index (χ3v) is 4.12. The maximum absolute atomic E-state index is 14.1. The third-order valence-electron chi connectivity index (χ3n) is 4.12. The predicted molar refractivity (Wildman–Crippen MR) is 72.6 cm³/mol. The van der Waals surface area contributed by atoms with Crippen molar-refractivity contribution < 1.29 is 30.7 Å². The highest BCUT2D eigenvalue weighted by Crippen LogP contribution is 2.50. The second-order valence-corrected chi connectivity index (χ2v) is 5.67. The number of nitriles is 1. The van der Waals surface area contributed by atoms with E-state index in [-0.39, 0.29) is 11.4 Å². The molecule has 0 saturated carbocycles. The van der Waals surface area contributed by atoms with Gasteiger partial charge in [-0.25, -0.2) is 17.6 Å². The van der Waals surface area contributed by atoms with Crippen LogP contribution in [0.25, 0.3) is 5.69 Å². The van der Waals surface area contributed by atoms with Crippen molar-refractivity contribution in [3.8, 4) is 11.8 Å². The number of hydrogen-bond donors (Lipinski definition) is 0. The molecule has 9 heteroatoms. The standard InChI is InChI=1S/C16H9F7N2/c17-11-2-1-9(5-8(11)6-24)25-7-10(16(21,22)23)13-12(25)3-4-15(19,20)14(13)18/h1-2,5,7,14H,3-4H2. The molecule has 1 heterocycles. The number of benzene rings is 1. The Labute approximate surface area is 137 Å². The molecular formula is C16H9F7N2. The van der Waals surface area contributed by atoms with Crippen LogP contribution in [0.1, 0.15) is 35.0 Å². The molecule has 0 aliphatic heterocycles. The first-order chi connectivity index (χ1) is 11.6. The van der Waals surface area contributed by atoms with Gasteiger partial charge in [-0.1, -0.05) is 0 Å². The number of aromatic nitrogens is 1. The molecule has 2 nitrogen and oxygen atoms in total. The minimum Gasteiger partial charge on any atom is -0.320 e. The molecule has 1 aliphatic carbocycles. The van der Waals surface area contributed by atoms with Gasteiger partial charge in [0.15, 0.2) is 6.17 Å². The quantitative estimate of drug-likeness (QED) is 0.649. The highest BCUT2D eigenvalue weighted by molar-refractivity contribution is 5.49. The van der Waals surface area contributed by atoms with Gasteiger partial charge in [0.05, 0.1) is 11.1 Å². The topological polar surface area (TPSA) is 28.7 Å². The van der Waals surface area contributed by atoms with Gasteiger partial charge in [-0.05, 0) is 24.6 Å². The van der Waals surface area contributed by atoms with Crippen molar-refractivity contribution >= 4 is 0 Å². The normalized spacial score (nSPS) is 19.4. The fourth-order valence-electron chi connectivity index (χ4n) is 2.93. The molecule has 1 atom stereocenters. The van der Waals surface area contributed by atoms with E-state index in [4.69, 9.17) is 5.26 Å². The summed E-state index contributed by atoms with van der Waals surface area (Å²) in [5, 5.41) is 8.83. The van der Waals surface area contributed by atoms with Crippen molar-refractivity contribution in [1.82, 2.24) is 4.57 Å². The van der Waals surface area contributed by atoms with E-state index in [0.29, 0.717) is 6.20 Å². The molecular weight excluding hydrogens is 353 g/mol. The number of rotatable bonds is 1. The molecule has 3 rings (SSSR count). The molecule has 0 fully saturated rings. The molecule has 132 valence electrons. The van der Waals surface area contributed by atoms with Crippen LogP contribution in [0.4, 0.5) is 30.7 Å². The molecule has 1 aromatic carbocycles. The van der Waals surface area contributed by atoms with E-state index in [0.717, 1.165) is 22.8 Å². The Hall–Kier alpha value is -2.50. The van der Waals surface area contributed by atoms with E-state index in [2.05, 4.69) is 0 Å². The van der Waals surface area contributed by atoms with E-state index < -0.39 is 53.6 Å². The average molecular weight is 362 g/mol. The van der Waals surface area contributed by atoms with Crippen molar-refractivity contribution in [2.24, 2.45) is 0 Å². The van der Waals surface area contributed by atoms with E-state index in [9.17, 15) is 30.7 Å². The maximum Gasteiger partial charge on any atom is 0.418 e. The molecule has 0 saturated heterocycles. The van der Waals surface area contributed by atoms with Crippen LogP contribution in [0.2, 0.25) is 0 Å². The molecule has 25 heavy (non-hydrogen) atoms. The highest BCUT2D eigenvalue weighted by atomic mass is 19.4. The van der Waals surface area contributed by atoms with Crippen LogP contribution in [0.15, 0.2) is 24.4 Å². The second-order valence-electron chi connectivity index (χ2n) is 5.67. The van der Waals surface area contributed by atoms with Gasteiger partial charge in [0.2, 0.25) is 0 Å². The van der Waals surface area contributed by atoms with Crippen molar-refractivity contribution in [3.05, 3.63) is 52.6 Å². The summed E-state index contributed by atoms with van der Waals surface area (Å²) in [6, 6.07) is 4.49. The Bertz CT molecular complexity index is 874. The Kier molecular flexibility index (Phi) is 3.82. The second kappa shape index (κ2) is 5.51. The SMILES string of the molecule is N#Cc1cc(-n2cc(C(F)(F)F)c3c2CCC(F)(F)C3F)ccc1F. The summed E-state index contributed by atoms with van der Waals surface area (Å²) in [6.07, 6.45) is -9.06. The lowest BCUT2D eigenvalue weighted by molar-refractivity contribution is -0.141. The summed E-state index contributed by atoms with van der Waals surface area (Å²) in [6.45, 7) is 0. The van der Waals surface area contributed by atoms with Crippen LogP contribution < -0.4 is 0 Å². The zero-order chi connectivity index (χ0) is 18.6. The molecule has 2 aromatic rings. The van der Waals surface area contributed by atoms with Crippen LogP contribution in [0, 0.1) is 17.1 Å². The number of halogens is 7. The Balaban J connectivity index is 2.26. The van der Waals surface area contributed by atoms with Crippen molar-refractivity contribution in [2.45, 2.75) is 31.1 Å². The predicted octanol–water partition coefficient (Wildman–Crippen LogP) is 5.10. The zero-order valence-corrected chi connectivity index (χ0v) is 12.3. The zero-order valence-electron chi connectivity index (χ0n) is 12.3. The van der Waals surface area contributed by atoms with Crippen LogP contribution >= 0.6 is 0 Å². The lowest BCUT2D eigenvalue weighted by Crippen LogP contribution is -2.31. The molecule has 0 amide bonds. The fraction of sp³-hybridized carbons (Fsp3) is 0.312. The average Bonchev–Trinajstić information content (AvgIpc) is 2.92. The first-order valence-corrected chi connectivity index (χ1v) is 7.09. The largest absolute Gasteiger partial charge is 0.418 e. The lowest BCUT2D eigenvalue weighted by atomic mass is 9.90. The van der Waals surface area contributed by atoms with E-state index in [1.807, 2.05) is 0 Å². The summed E-state index contributed by atoms with van der Waals surface area (Å²) in [5.74, 6) is -4.78. The van der Waals surface area contributed by atoms with Crippen LogP contribution in [0.5, 0.6) is 0 Å². The van der Waals surface area contributed by atoms with Crippen molar-refractivity contribution in [1.29, 1.82) is 5.26 Å². The van der Waals surface area contributed by atoms with Gasteiger partial charge < -0.3 is 4.57 Å². The number of fused-ring (bicyclic) bond motifs is 1. The number of alkyl halides is 6. The Morgan fingerprint density at radius 2 is 1.92 bits per heavy atom. The molecule has 0 bridgehead atoms. The van der Waals surface area contributed by atoms with Gasteiger partial charge >= 0.3 is 6.18 Å². The van der Waals surface area contributed by atoms with Gasteiger partial charge in [0, 0.05) is 29.6 Å². The van der Waals surface area contributed by atoms with E-state index in [1.165, 1.54) is 6.07 Å². The monoisotopic (exact) mass is 362 g/mol. The number of nitrogens with zero attached hydrogens (tertiary/aromatic N) is 2. The molecule has 0 N–H and O–H groups in total. The minimum absolute atomic E-state index is 0.0397. The van der Waals surface area contributed by atoms with Crippen LogP contribution in [-0.2, 0) is 12.6 Å². The first-order valence-electron chi connectivity index (χ1n) is 7.09.